The molecule has 3 aromatic rings. The van der Waals surface area contributed by atoms with Crippen molar-refractivity contribution in [2.45, 2.75) is 39.5 Å². The van der Waals surface area contributed by atoms with Crippen LogP contribution >= 0.6 is 11.3 Å². The Bertz CT molecular complexity index is 1280. The van der Waals surface area contributed by atoms with Crippen LogP contribution in [0.4, 0.5) is 13.2 Å². The van der Waals surface area contributed by atoms with Gasteiger partial charge in [0.05, 0.1) is 35.3 Å². The molecule has 0 unspecified atom stereocenters. The Balaban J connectivity index is 0.000000156. The molecule has 11 heteroatoms. The van der Waals surface area contributed by atoms with Crippen molar-refractivity contribution < 1.29 is 27.8 Å². The fraction of sp³-hybridized carbons (Fsp3) is 0.500. The average Bonchev–Trinajstić information content (AvgIpc) is 3.35. The quantitative estimate of drug-likeness (QED) is 0.407. The van der Waals surface area contributed by atoms with E-state index in [9.17, 15) is 18.0 Å². The number of benzene rings is 1. The number of aliphatic hydroxyl groups is 1. The van der Waals surface area contributed by atoms with Crippen molar-refractivity contribution in [1.82, 2.24) is 20.2 Å². The van der Waals surface area contributed by atoms with Crippen molar-refractivity contribution in [3.63, 3.8) is 0 Å². The smallest absolute Gasteiger partial charge is 0.396 e. The lowest BCUT2D eigenvalue weighted by Crippen LogP contribution is -2.55. The van der Waals surface area contributed by atoms with Gasteiger partial charge in [0.1, 0.15) is 4.88 Å². The summed E-state index contributed by atoms with van der Waals surface area (Å²) in [4.78, 5) is 23.0. The van der Waals surface area contributed by atoms with Crippen LogP contribution in [0.3, 0.4) is 0 Å². The number of carbonyl (C=O) groups excluding carboxylic acids is 1. The van der Waals surface area contributed by atoms with Gasteiger partial charge in [-0.3, -0.25) is 14.8 Å². The molecule has 0 bridgehead atoms. The number of carbonyl (C=O) groups is 1. The lowest BCUT2D eigenvalue weighted by atomic mass is 9.81. The van der Waals surface area contributed by atoms with Crippen LogP contribution in [0.2, 0.25) is 0 Å². The van der Waals surface area contributed by atoms with Crippen LogP contribution in [-0.2, 0) is 17.5 Å². The Morgan fingerprint density at radius 2 is 1.90 bits per heavy atom. The molecule has 4 heterocycles. The average molecular weight is 591 g/mol. The summed E-state index contributed by atoms with van der Waals surface area (Å²) in [6, 6.07) is 10.3. The summed E-state index contributed by atoms with van der Waals surface area (Å²) >= 11 is 1.43. The first-order valence-corrected chi connectivity index (χ1v) is 14.5. The summed E-state index contributed by atoms with van der Waals surface area (Å²) in [6.07, 6.45) is -0.297. The number of hydrogen-bond acceptors (Lipinski definition) is 7. The van der Waals surface area contributed by atoms with Gasteiger partial charge < -0.3 is 20.1 Å². The van der Waals surface area contributed by atoms with Crippen LogP contribution < -0.4 is 5.32 Å². The van der Waals surface area contributed by atoms with Gasteiger partial charge in [-0.1, -0.05) is 32.0 Å². The first kappa shape index (κ1) is 31.1. The number of amides is 1. The predicted octanol–water partition coefficient (Wildman–Crippen LogP) is 5.52. The molecular formula is C30H37F3N4O3S. The van der Waals surface area contributed by atoms with Crippen molar-refractivity contribution in [1.29, 1.82) is 0 Å². The molecule has 2 aromatic heterocycles. The molecule has 2 N–H and O–H groups in total. The fourth-order valence-corrected chi connectivity index (χ4v) is 5.53. The first-order valence-electron chi connectivity index (χ1n) is 13.6. The highest BCUT2D eigenvalue weighted by molar-refractivity contribution is 7.11. The van der Waals surface area contributed by atoms with E-state index in [1.165, 1.54) is 29.9 Å². The second-order valence-electron chi connectivity index (χ2n) is 11.5. The number of alkyl halides is 3. The molecule has 2 saturated heterocycles. The molecule has 3 fully saturated rings. The van der Waals surface area contributed by atoms with Crippen molar-refractivity contribution in [3.8, 4) is 11.3 Å². The topological polar surface area (TPSA) is 87.6 Å². The molecule has 1 spiro atoms. The molecular weight excluding hydrogens is 553 g/mol. The standard InChI is InChI=1S/C14H12F3NO.C10H13N3OS.C6H12O/c1-19-9-12-3-2-4-13(18-12)10-5-7-11(8-6-10)14(15,16)17;14-9(8-3-11-7-15-8)13-2-1-10(6-13)4-12-5-10;1-6(2)3-5(6)4-7/h2-8H,9H2,1H3;3,7,12H,1-2,4-6H2;5,7H,3-4H2,1-2H3/t;;5-/m..1/s1. The summed E-state index contributed by atoms with van der Waals surface area (Å²) in [5, 5.41) is 11.8. The van der Waals surface area contributed by atoms with Crippen LogP contribution in [0, 0.1) is 16.7 Å². The van der Waals surface area contributed by atoms with E-state index in [1.54, 1.807) is 37.0 Å². The van der Waals surface area contributed by atoms with Gasteiger partial charge in [-0.2, -0.15) is 13.2 Å². The van der Waals surface area contributed by atoms with Crippen LogP contribution in [-0.4, -0.2) is 65.8 Å². The highest BCUT2D eigenvalue weighted by Crippen LogP contribution is 2.50. The summed E-state index contributed by atoms with van der Waals surface area (Å²) in [5.41, 5.74) is 3.91. The Labute approximate surface area is 242 Å². The third-order valence-electron chi connectivity index (χ3n) is 7.91. The molecule has 3 aliphatic rings. The fourth-order valence-electron chi connectivity index (χ4n) is 4.94. The lowest BCUT2D eigenvalue weighted by Gasteiger charge is -2.38. The summed E-state index contributed by atoms with van der Waals surface area (Å²) in [5.74, 6) is 0.758. The van der Waals surface area contributed by atoms with Gasteiger partial charge in [-0.15, -0.1) is 11.3 Å². The maximum absolute atomic E-state index is 12.5. The minimum absolute atomic E-state index is 0.154. The number of nitrogens with zero attached hydrogens (tertiary/aromatic N) is 3. The molecule has 2 aliphatic heterocycles. The van der Waals surface area contributed by atoms with Gasteiger partial charge >= 0.3 is 6.18 Å². The Morgan fingerprint density at radius 3 is 2.37 bits per heavy atom. The van der Waals surface area contributed by atoms with E-state index < -0.39 is 11.7 Å². The van der Waals surface area contributed by atoms with Crippen molar-refractivity contribution in [2.75, 3.05) is 39.9 Å². The molecule has 222 valence electrons. The van der Waals surface area contributed by atoms with E-state index in [0.717, 1.165) is 55.3 Å². The molecule has 1 amide bonds. The van der Waals surface area contributed by atoms with E-state index in [4.69, 9.17) is 9.84 Å². The number of thiazole rings is 1. The zero-order valence-electron chi connectivity index (χ0n) is 23.6. The lowest BCUT2D eigenvalue weighted by molar-refractivity contribution is -0.137. The highest BCUT2D eigenvalue weighted by Gasteiger charge is 2.45. The number of likely N-dealkylation sites (tertiary alicyclic amines) is 1. The SMILES string of the molecule is CC1(C)C[C@@H]1CO.COCc1cccc(-c2ccc(C(F)(F)F)cc2)n1.O=C(c1cncs1)N1CCC2(CNC2)C1. The van der Waals surface area contributed by atoms with Crippen LogP contribution in [0.5, 0.6) is 0 Å². The number of hydrogen-bond donors (Lipinski definition) is 2. The zero-order chi connectivity index (χ0) is 29.7. The van der Waals surface area contributed by atoms with Crippen molar-refractivity contribution in [2.24, 2.45) is 16.7 Å². The van der Waals surface area contributed by atoms with E-state index in [1.807, 2.05) is 4.90 Å². The minimum Gasteiger partial charge on any atom is -0.396 e. The Kier molecular flexibility index (Phi) is 9.84. The summed E-state index contributed by atoms with van der Waals surface area (Å²) in [7, 11) is 1.56. The van der Waals surface area contributed by atoms with Gasteiger partial charge in [0.25, 0.3) is 5.91 Å². The van der Waals surface area contributed by atoms with Gasteiger partial charge in [0.15, 0.2) is 0 Å². The van der Waals surface area contributed by atoms with E-state index in [0.29, 0.717) is 41.2 Å². The molecule has 1 aliphatic carbocycles. The number of methoxy groups -OCH3 is 1. The number of aromatic nitrogens is 2. The number of ether oxygens (including phenoxy) is 1. The Morgan fingerprint density at radius 1 is 1.20 bits per heavy atom. The van der Waals surface area contributed by atoms with Crippen LogP contribution in [0.15, 0.2) is 54.2 Å². The molecule has 1 aromatic carbocycles. The van der Waals surface area contributed by atoms with E-state index >= 15 is 0 Å². The van der Waals surface area contributed by atoms with Crippen molar-refractivity contribution in [3.05, 3.63) is 70.3 Å². The minimum atomic E-state index is -4.32. The predicted molar refractivity (Wildman–Crippen MR) is 152 cm³/mol. The molecule has 6 rings (SSSR count). The normalized spacial score (nSPS) is 19.9. The van der Waals surface area contributed by atoms with E-state index in [2.05, 4.69) is 29.1 Å². The monoisotopic (exact) mass is 590 g/mol. The maximum atomic E-state index is 12.5. The number of halogens is 3. The second-order valence-corrected chi connectivity index (χ2v) is 12.4. The number of aliphatic hydroxyl groups excluding tert-OH is 1. The maximum Gasteiger partial charge on any atom is 0.416 e. The highest BCUT2D eigenvalue weighted by atomic mass is 32.1. The first-order chi connectivity index (χ1) is 19.5. The third-order valence-corrected chi connectivity index (χ3v) is 8.67. The second kappa shape index (κ2) is 13.0. The van der Waals surface area contributed by atoms with Gasteiger partial charge in [-0.25, -0.2) is 0 Å². The van der Waals surface area contributed by atoms with Gasteiger partial charge in [0.2, 0.25) is 0 Å². The molecule has 7 nitrogen and oxygen atoms in total. The number of pyridine rings is 1. The largest absolute Gasteiger partial charge is 0.416 e. The van der Waals surface area contributed by atoms with Crippen LogP contribution in [0.1, 0.15) is 47.6 Å². The summed E-state index contributed by atoms with van der Waals surface area (Å²) in [6.45, 7) is 9.08. The van der Waals surface area contributed by atoms with E-state index in [-0.39, 0.29) is 5.91 Å². The molecule has 41 heavy (non-hydrogen) atoms. The number of nitrogens with one attached hydrogen (secondary N) is 1. The van der Waals surface area contributed by atoms with Gasteiger partial charge in [-0.05, 0) is 48.4 Å². The molecule has 0 radical (unpaired) electrons. The third kappa shape index (κ3) is 8.12. The zero-order valence-corrected chi connectivity index (χ0v) is 24.4. The summed E-state index contributed by atoms with van der Waals surface area (Å²) < 4.78 is 42.3. The Hall–Kier alpha value is -2.86. The molecule has 1 saturated carbocycles. The van der Waals surface area contributed by atoms with Gasteiger partial charge in [0, 0.05) is 50.9 Å². The van der Waals surface area contributed by atoms with Crippen LogP contribution in [0.25, 0.3) is 11.3 Å². The van der Waals surface area contributed by atoms with Crippen molar-refractivity contribution >= 4 is 17.2 Å². The number of rotatable bonds is 5. The molecule has 1 atom stereocenters.